The lowest BCUT2D eigenvalue weighted by Crippen LogP contribution is -2.34. The van der Waals surface area contributed by atoms with E-state index in [0.717, 1.165) is 5.56 Å². The maximum atomic E-state index is 11.7. The van der Waals surface area contributed by atoms with Crippen LogP contribution in [0.2, 0.25) is 0 Å². The minimum Gasteiger partial charge on any atom is -0.477 e. The molecule has 0 bridgehead atoms. The number of carboxylic acids is 1. The first-order valence-corrected chi connectivity index (χ1v) is 7.34. The number of carbonyl (C=O) groups is 2. The first-order chi connectivity index (χ1) is 9.97. The molecular formula is C15H16N2O3S. The fraction of sp³-hybridized carbons (Fsp3) is 0.200. The maximum Gasteiger partial charge on any atom is 0.346 e. The second-order valence-corrected chi connectivity index (χ2v) is 5.72. The van der Waals surface area contributed by atoms with E-state index in [-0.39, 0.29) is 12.1 Å². The Balaban J connectivity index is 2.23. The Kier molecular flexibility index (Phi) is 4.59. The fourth-order valence-corrected chi connectivity index (χ4v) is 2.65. The smallest absolute Gasteiger partial charge is 0.346 e. The molecule has 2 aromatic rings. The molecule has 1 heterocycles. The van der Waals surface area contributed by atoms with Crippen LogP contribution in [0.4, 0.5) is 10.5 Å². The van der Waals surface area contributed by atoms with E-state index in [2.05, 4.69) is 10.6 Å². The number of carboxylic acid groups (broad SMARTS) is 1. The SMILES string of the molecule is CC(C)NC(=O)Nc1cccc(-c2ccsc2C(=O)O)c1. The van der Waals surface area contributed by atoms with Gasteiger partial charge in [-0.2, -0.15) is 0 Å². The molecule has 2 rings (SSSR count). The second-order valence-electron chi connectivity index (χ2n) is 4.80. The number of anilines is 1. The molecule has 0 radical (unpaired) electrons. The molecular weight excluding hydrogens is 288 g/mol. The summed E-state index contributed by atoms with van der Waals surface area (Å²) < 4.78 is 0. The lowest BCUT2D eigenvalue weighted by molar-refractivity contribution is 0.0703. The van der Waals surface area contributed by atoms with Gasteiger partial charge in [-0.1, -0.05) is 12.1 Å². The summed E-state index contributed by atoms with van der Waals surface area (Å²) in [5.41, 5.74) is 2.03. The van der Waals surface area contributed by atoms with Gasteiger partial charge in [0.25, 0.3) is 0 Å². The first kappa shape index (κ1) is 15.1. The summed E-state index contributed by atoms with van der Waals surface area (Å²) in [4.78, 5) is 23.1. The summed E-state index contributed by atoms with van der Waals surface area (Å²) >= 11 is 1.18. The van der Waals surface area contributed by atoms with E-state index in [9.17, 15) is 9.59 Å². The van der Waals surface area contributed by atoms with Gasteiger partial charge in [-0.05, 0) is 43.0 Å². The normalized spacial score (nSPS) is 10.4. The molecule has 0 saturated heterocycles. The third-order valence-electron chi connectivity index (χ3n) is 2.71. The molecule has 0 aliphatic carbocycles. The van der Waals surface area contributed by atoms with Crippen molar-refractivity contribution in [2.45, 2.75) is 19.9 Å². The number of urea groups is 1. The Bertz CT molecular complexity index is 664. The summed E-state index contributed by atoms with van der Waals surface area (Å²) in [5, 5.41) is 16.4. The number of carbonyl (C=O) groups excluding carboxylic acids is 1. The molecule has 2 amide bonds. The number of aromatic carboxylic acids is 1. The molecule has 110 valence electrons. The number of thiophene rings is 1. The summed E-state index contributed by atoms with van der Waals surface area (Å²) in [6, 6.07) is 8.64. The Morgan fingerprint density at radius 3 is 2.67 bits per heavy atom. The standard InChI is InChI=1S/C15H16N2O3S/c1-9(2)16-15(20)17-11-5-3-4-10(8-11)12-6-7-21-13(12)14(18)19/h3-9H,1-2H3,(H,18,19)(H2,16,17,20). The zero-order chi connectivity index (χ0) is 15.4. The predicted molar refractivity (Wildman–Crippen MR) is 84.0 cm³/mol. The molecule has 6 heteroatoms. The highest BCUT2D eigenvalue weighted by Gasteiger charge is 2.13. The number of rotatable bonds is 4. The van der Waals surface area contributed by atoms with Crippen molar-refractivity contribution < 1.29 is 14.7 Å². The van der Waals surface area contributed by atoms with Gasteiger partial charge in [-0.15, -0.1) is 11.3 Å². The summed E-state index contributed by atoms with van der Waals surface area (Å²) in [6.07, 6.45) is 0. The van der Waals surface area contributed by atoms with Crippen LogP contribution >= 0.6 is 11.3 Å². The third-order valence-corrected chi connectivity index (χ3v) is 3.61. The van der Waals surface area contributed by atoms with Gasteiger partial charge in [0.2, 0.25) is 0 Å². The van der Waals surface area contributed by atoms with Gasteiger partial charge >= 0.3 is 12.0 Å². The van der Waals surface area contributed by atoms with Gasteiger partial charge in [0.1, 0.15) is 4.88 Å². The van der Waals surface area contributed by atoms with E-state index < -0.39 is 5.97 Å². The minimum atomic E-state index is -0.948. The molecule has 0 aliphatic heterocycles. The molecule has 0 spiro atoms. The summed E-state index contributed by atoms with van der Waals surface area (Å²) in [6.45, 7) is 3.75. The molecule has 0 saturated carbocycles. The van der Waals surface area contributed by atoms with E-state index in [4.69, 9.17) is 5.11 Å². The van der Waals surface area contributed by atoms with Crippen molar-refractivity contribution in [2.24, 2.45) is 0 Å². The van der Waals surface area contributed by atoms with Gasteiger partial charge in [0, 0.05) is 17.3 Å². The molecule has 0 aliphatic rings. The molecule has 0 unspecified atom stereocenters. The molecule has 1 aromatic heterocycles. The molecule has 3 N–H and O–H groups in total. The molecule has 5 nitrogen and oxygen atoms in total. The van der Waals surface area contributed by atoms with E-state index >= 15 is 0 Å². The topological polar surface area (TPSA) is 78.4 Å². The maximum absolute atomic E-state index is 11.7. The quantitative estimate of drug-likeness (QED) is 0.807. The van der Waals surface area contributed by atoms with Gasteiger partial charge in [-0.3, -0.25) is 0 Å². The zero-order valence-corrected chi connectivity index (χ0v) is 12.5. The highest BCUT2D eigenvalue weighted by molar-refractivity contribution is 7.12. The average Bonchev–Trinajstić information content (AvgIpc) is 2.87. The summed E-state index contributed by atoms with van der Waals surface area (Å²) in [5.74, 6) is -0.948. The van der Waals surface area contributed by atoms with Crippen molar-refractivity contribution in [2.75, 3.05) is 5.32 Å². The molecule has 21 heavy (non-hydrogen) atoms. The number of benzene rings is 1. The van der Waals surface area contributed by atoms with Crippen LogP contribution in [0, 0.1) is 0 Å². The van der Waals surface area contributed by atoms with Crippen molar-refractivity contribution in [3.05, 3.63) is 40.6 Å². The van der Waals surface area contributed by atoms with Gasteiger partial charge < -0.3 is 15.7 Å². The molecule has 0 fully saturated rings. The third kappa shape index (κ3) is 3.82. The van der Waals surface area contributed by atoms with Crippen LogP contribution in [0.5, 0.6) is 0 Å². The van der Waals surface area contributed by atoms with E-state index in [1.165, 1.54) is 11.3 Å². The first-order valence-electron chi connectivity index (χ1n) is 6.46. The fourth-order valence-electron chi connectivity index (χ4n) is 1.90. The van der Waals surface area contributed by atoms with Gasteiger partial charge in [-0.25, -0.2) is 9.59 Å². The monoisotopic (exact) mass is 304 g/mol. The largest absolute Gasteiger partial charge is 0.477 e. The van der Waals surface area contributed by atoms with Gasteiger partial charge in [0.05, 0.1) is 0 Å². The van der Waals surface area contributed by atoms with Crippen LogP contribution < -0.4 is 10.6 Å². The van der Waals surface area contributed by atoms with Crippen LogP contribution in [-0.2, 0) is 0 Å². The van der Waals surface area contributed by atoms with Crippen molar-refractivity contribution in [3.8, 4) is 11.1 Å². The van der Waals surface area contributed by atoms with E-state index in [1.807, 2.05) is 19.9 Å². The van der Waals surface area contributed by atoms with Gasteiger partial charge in [0.15, 0.2) is 0 Å². The Morgan fingerprint density at radius 1 is 1.24 bits per heavy atom. The van der Waals surface area contributed by atoms with Crippen molar-refractivity contribution in [1.82, 2.24) is 5.32 Å². The van der Waals surface area contributed by atoms with E-state index in [1.54, 1.807) is 29.6 Å². The summed E-state index contributed by atoms with van der Waals surface area (Å²) in [7, 11) is 0. The van der Waals surface area contributed by atoms with Crippen LogP contribution in [0.3, 0.4) is 0 Å². The Labute approximate surface area is 126 Å². The van der Waals surface area contributed by atoms with Crippen LogP contribution in [0.15, 0.2) is 35.7 Å². The van der Waals surface area contributed by atoms with Crippen molar-refractivity contribution in [3.63, 3.8) is 0 Å². The van der Waals surface area contributed by atoms with Crippen molar-refractivity contribution in [1.29, 1.82) is 0 Å². The zero-order valence-electron chi connectivity index (χ0n) is 11.7. The molecule has 0 atom stereocenters. The highest BCUT2D eigenvalue weighted by Crippen LogP contribution is 2.29. The lowest BCUT2D eigenvalue weighted by atomic mass is 10.1. The second kappa shape index (κ2) is 6.41. The van der Waals surface area contributed by atoms with Crippen LogP contribution in [0.1, 0.15) is 23.5 Å². The lowest BCUT2D eigenvalue weighted by Gasteiger charge is -2.11. The highest BCUT2D eigenvalue weighted by atomic mass is 32.1. The Morgan fingerprint density at radius 2 is 2.00 bits per heavy atom. The Hall–Kier alpha value is -2.34. The number of hydrogen-bond acceptors (Lipinski definition) is 3. The number of hydrogen-bond donors (Lipinski definition) is 3. The number of amides is 2. The van der Waals surface area contributed by atoms with Crippen LogP contribution in [0.25, 0.3) is 11.1 Å². The van der Waals surface area contributed by atoms with Crippen molar-refractivity contribution >= 4 is 29.0 Å². The predicted octanol–water partition coefficient (Wildman–Crippen LogP) is 3.64. The number of nitrogens with one attached hydrogen (secondary N) is 2. The van der Waals surface area contributed by atoms with Crippen LogP contribution in [-0.4, -0.2) is 23.1 Å². The average molecular weight is 304 g/mol. The molecule has 1 aromatic carbocycles. The van der Waals surface area contributed by atoms with E-state index in [0.29, 0.717) is 16.1 Å². The minimum absolute atomic E-state index is 0.0451.